The van der Waals surface area contributed by atoms with Crippen molar-refractivity contribution < 1.29 is 13.5 Å². The van der Waals surface area contributed by atoms with Gasteiger partial charge in [-0.1, -0.05) is 25.5 Å². The van der Waals surface area contributed by atoms with E-state index in [0.717, 1.165) is 40.7 Å². The molecule has 0 bridgehead atoms. The fourth-order valence-electron chi connectivity index (χ4n) is 3.62. The molecule has 1 aromatic heterocycles. The number of ether oxygens (including phenoxy) is 1. The molecule has 0 fully saturated rings. The molecule has 2 heterocycles. The van der Waals surface area contributed by atoms with E-state index in [1.165, 1.54) is 6.07 Å². The number of fused-ring (bicyclic) bond motifs is 2. The van der Waals surface area contributed by atoms with Gasteiger partial charge in [0.15, 0.2) is 6.73 Å². The van der Waals surface area contributed by atoms with Gasteiger partial charge >= 0.3 is 5.63 Å². The number of aryl methyl sites for hydroxylation is 2. The molecule has 0 atom stereocenters. The lowest BCUT2D eigenvalue weighted by Crippen LogP contribution is -2.32. The first-order valence-electron chi connectivity index (χ1n) is 8.80. The van der Waals surface area contributed by atoms with Crippen LogP contribution in [-0.4, -0.2) is 6.73 Å². The first-order chi connectivity index (χ1) is 12.6. The minimum Gasteiger partial charge on any atom is -0.472 e. The van der Waals surface area contributed by atoms with Crippen molar-refractivity contribution in [3.63, 3.8) is 0 Å². The number of para-hydroxylation sites is 1. The maximum atomic E-state index is 14.1. The zero-order valence-corrected chi connectivity index (χ0v) is 14.8. The zero-order valence-electron chi connectivity index (χ0n) is 14.8. The molecule has 4 rings (SSSR count). The molecule has 3 aromatic rings. The van der Waals surface area contributed by atoms with Crippen molar-refractivity contribution >= 4 is 16.7 Å². The van der Waals surface area contributed by atoms with E-state index < -0.39 is 0 Å². The quantitative estimate of drug-likeness (QED) is 0.648. The third kappa shape index (κ3) is 2.73. The Hall–Kier alpha value is -2.82. The summed E-state index contributed by atoms with van der Waals surface area (Å²) in [6.07, 6.45) is 1.74. The summed E-state index contributed by atoms with van der Waals surface area (Å²) < 4.78 is 25.5. The van der Waals surface area contributed by atoms with Crippen LogP contribution in [0.3, 0.4) is 0 Å². The molecule has 5 heteroatoms. The number of halogens is 1. The molecule has 0 saturated carbocycles. The Morgan fingerprint density at radius 3 is 2.81 bits per heavy atom. The molecule has 2 aromatic carbocycles. The molecule has 1 aliphatic heterocycles. The fourth-order valence-corrected chi connectivity index (χ4v) is 3.62. The highest BCUT2D eigenvalue weighted by atomic mass is 19.1. The summed E-state index contributed by atoms with van der Waals surface area (Å²) in [4.78, 5) is 13.8. The Bertz CT molecular complexity index is 1040. The summed E-state index contributed by atoms with van der Waals surface area (Å²) in [6, 6.07) is 10.3. The summed E-state index contributed by atoms with van der Waals surface area (Å²) in [5, 5.41) is 0.932. The van der Waals surface area contributed by atoms with E-state index in [2.05, 4.69) is 6.92 Å². The first-order valence-corrected chi connectivity index (χ1v) is 8.80. The fraction of sp³-hybridized carbons (Fsp3) is 0.286. The van der Waals surface area contributed by atoms with E-state index in [0.29, 0.717) is 17.8 Å². The highest BCUT2D eigenvalue weighted by molar-refractivity contribution is 5.86. The lowest BCUT2D eigenvalue weighted by atomic mass is 9.98. The van der Waals surface area contributed by atoms with Crippen molar-refractivity contribution in [2.24, 2.45) is 0 Å². The van der Waals surface area contributed by atoms with Crippen LogP contribution in [0.1, 0.15) is 30.0 Å². The molecule has 4 nitrogen and oxygen atoms in total. The minimum absolute atomic E-state index is 0.249. The molecular formula is C21H20FNO3. The molecule has 134 valence electrons. The van der Waals surface area contributed by atoms with Gasteiger partial charge in [-0.2, -0.15) is 0 Å². The Labute approximate surface area is 150 Å². The molecule has 0 unspecified atom stereocenters. The lowest BCUT2D eigenvalue weighted by molar-refractivity contribution is 0.286. The summed E-state index contributed by atoms with van der Waals surface area (Å²) in [5.74, 6) is 0.455. The first kappa shape index (κ1) is 16.6. The lowest BCUT2D eigenvalue weighted by Gasteiger charge is -2.32. The van der Waals surface area contributed by atoms with Crippen molar-refractivity contribution in [2.75, 3.05) is 11.6 Å². The van der Waals surface area contributed by atoms with Gasteiger partial charge in [-0.3, -0.25) is 0 Å². The van der Waals surface area contributed by atoms with Gasteiger partial charge in [-0.15, -0.1) is 0 Å². The average molecular weight is 353 g/mol. The largest absolute Gasteiger partial charge is 0.472 e. The summed E-state index contributed by atoms with van der Waals surface area (Å²) >= 11 is 0. The smallest absolute Gasteiger partial charge is 0.336 e. The maximum absolute atomic E-state index is 14.1. The monoisotopic (exact) mass is 353 g/mol. The van der Waals surface area contributed by atoms with Crippen LogP contribution < -0.4 is 15.3 Å². The molecular weight excluding hydrogens is 333 g/mol. The predicted molar refractivity (Wildman–Crippen MR) is 99.3 cm³/mol. The second-order valence-corrected chi connectivity index (χ2v) is 6.63. The number of nitrogens with zero attached hydrogens (tertiary/aromatic N) is 1. The van der Waals surface area contributed by atoms with Crippen molar-refractivity contribution in [3.8, 4) is 5.75 Å². The molecule has 0 radical (unpaired) electrons. The topological polar surface area (TPSA) is 42.7 Å². The van der Waals surface area contributed by atoms with Crippen LogP contribution in [-0.2, 0) is 13.0 Å². The molecule has 0 N–H and O–H groups in total. The Balaban J connectivity index is 1.84. The predicted octanol–water partition coefficient (Wildman–Crippen LogP) is 4.55. The minimum atomic E-state index is -0.340. The van der Waals surface area contributed by atoms with Crippen LogP contribution in [0.25, 0.3) is 11.0 Å². The number of benzene rings is 2. The number of hydrogen-bond acceptors (Lipinski definition) is 4. The summed E-state index contributed by atoms with van der Waals surface area (Å²) in [5.41, 5.74) is 3.53. The third-order valence-corrected chi connectivity index (χ3v) is 4.82. The van der Waals surface area contributed by atoms with Gasteiger partial charge in [-0.05, 0) is 37.1 Å². The molecule has 26 heavy (non-hydrogen) atoms. The van der Waals surface area contributed by atoms with Crippen LogP contribution in [0.4, 0.5) is 10.1 Å². The highest BCUT2D eigenvalue weighted by Crippen LogP contribution is 2.37. The van der Waals surface area contributed by atoms with Crippen molar-refractivity contribution in [2.45, 2.75) is 33.2 Å². The molecule has 0 spiro atoms. The van der Waals surface area contributed by atoms with Crippen LogP contribution in [0.5, 0.6) is 5.75 Å². The van der Waals surface area contributed by atoms with Crippen LogP contribution in [0.2, 0.25) is 0 Å². The normalized spacial score (nSPS) is 13.6. The van der Waals surface area contributed by atoms with E-state index in [9.17, 15) is 9.18 Å². The van der Waals surface area contributed by atoms with Gasteiger partial charge in [0.25, 0.3) is 0 Å². The van der Waals surface area contributed by atoms with Gasteiger partial charge in [0, 0.05) is 29.1 Å². The Morgan fingerprint density at radius 2 is 2.04 bits per heavy atom. The van der Waals surface area contributed by atoms with Gasteiger partial charge in [0.1, 0.15) is 17.1 Å². The van der Waals surface area contributed by atoms with Crippen molar-refractivity contribution in [3.05, 3.63) is 69.3 Å². The van der Waals surface area contributed by atoms with E-state index in [-0.39, 0.29) is 18.2 Å². The second kappa shape index (κ2) is 6.48. The SMILES string of the molecule is CCCc1cc(=O)oc2c(C)c3c(cc12)CN(c1ccccc1F)CO3. The van der Waals surface area contributed by atoms with Crippen molar-refractivity contribution in [1.29, 1.82) is 0 Å². The van der Waals surface area contributed by atoms with Gasteiger partial charge in [0.2, 0.25) is 0 Å². The standard InChI is InChI=1S/C21H20FNO3/c1-3-6-14-10-19(24)26-21-13(2)20-15(9-16(14)21)11-23(12-25-20)18-8-5-4-7-17(18)22/h4-5,7-10H,3,6,11-12H2,1-2H3. The summed E-state index contributed by atoms with van der Waals surface area (Å²) in [7, 11) is 0. The van der Waals surface area contributed by atoms with Crippen LogP contribution in [0.15, 0.2) is 45.6 Å². The van der Waals surface area contributed by atoms with Gasteiger partial charge < -0.3 is 14.1 Å². The number of anilines is 1. The highest BCUT2D eigenvalue weighted by Gasteiger charge is 2.24. The summed E-state index contributed by atoms with van der Waals surface area (Å²) in [6.45, 7) is 4.77. The Morgan fingerprint density at radius 1 is 1.23 bits per heavy atom. The molecule has 0 aliphatic carbocycles. The van der Waals surface area contributed by atoms with E-state index >= 15 is 0 Å². The molecule has 0 saturated heterocycles. The van der Waals surface area contributed by atoms with E-state index in [4.69, 9.17) is 9.15 Å². The molecule has 1 aliphatic rings. The number of rotatable bonds is 3. The van der Waals surface area contributed by atoms with Crippen molar-refractivity contribution in [1.82, 2.24) is 0 Å². The Kier molecular flexibility index (Phi) is 4.15. The van der Waals surface area contributed by atoms with E-state index in [1.54, 1.807) is 18.2 Å². The van der Waals surface area contributed by atoms with E-state index in [1.807, 2.05) is 24.0 Å². The maximum Gasteiger partial charge on any atom is 0.336 e. The third-order valence-electron chi connectivity index (χ3n) is 4.82. The van der Waals surface area contributed by atoms with Crippen LogP contribution in [0, 0.1) is 12.7 Å². The molecule has 0 amide bonds. The average Bonchev–Trinajstić information content (AvgIpc) is 2.63. The van der Waals surface area contributed by atoms with Gasteiger partial charge in [0.05, 0.1) is 5.69 Å². The number of hydrogen-bond donors (Lipinski definition) is 0. The van der Waals surface area contributed by atoms with Crippen LogP contribution >= 0.6 is 0 Å². The second-order valence-electron chi connectivity index (χ2n) is 6.63. The zero-order chi connectivity index (χ0) is 18.3. The van der Waals surface area contributed by atoms with Gasteiger partial charge in [-0.25, -0.2) is 9.18 Å².